The third-order valence-electron chi connectivity index (χ3n) is 3.37. The third-order valence-corrected chi connectivity index (χ3v) is 4.31. The lowest BCUT2D eigenvalue weighted by Gasteiger charge is -2.06. The smallest absolute Gasteiger partial charge is 0.389 e. The summed E-state index contributed by atoms with van der Waals surface area (Å²) in [5, 5.41) is 6.13. The number of halogens is 4. The summed E-state index contributed by atoms with van der Waals surface area (Å²) in [6.45, 7) is 0.120. The number of nitrogens with zero attached hydrogens (tertiary/aromatic N) is 2. The topological polar surface area (TPSA) is 34.5 Å². The van der Waals surface area contributed by atoms with Crippen LogP contribution in [0.3, 0.4) is 0 Å². The minimum absolute atomic E-state index is 0.120. The molecule has 2 aromatic carbocycles. The minimum atomic E-state index is -4.36. The molecule has 0 bridgehead atoms. The van der Waals surface area contributed by atoms with E-state index in [0.29, 0.717) is 21.8 Å². The molecule has 0 amide bonds. The molecular weight excluding hydrogens is 368 g/mol. The molecule has 1 heterocycles. The van der Waals surface area contributed by atoms with Gasteiger partial charge in [-0.05, 0) is 29.8 Å². The summed E-state index contributed by atoms with van der Waals surface area (Å²) in [7, 11) is 0. The van der Waals surface area contributed by atoms with Gasteiger partial charge in [-0.15, -0.1) is 11.3 Å². The molecule has 0 aliphatic heterocycles. The highest BCUT2D eigenvalue weighted by Gasteiger charge is 2.30. The predicted molar refractivity (Wildman–Crippen MR) is 91.3 cm³/mol. The largest absolute Gasteiger partial charge is 0.416 e. The molecule has 26 heavy (non-hydrogen) atoms. The highest BCUT2D eigenvalue weighted by atomic mass is 32.1. The molecule has 0 saturated heterocycles. The lowest BCUT2D eigenvalue weighted by molar-refractivity contribution is -0.137. The van der Waals surface area contributed by atoms with Gasteiger partial charge in [0.1, 0.15) is 10.8 Å². The van der Waals surface area contributed by atoms with Gasteiger partial charge in [-0.3, -0.25) is 0 Å². The highest BCUT2D eigenvalue weighted by Crippen LogP contribution is 2.31. The van der Waals surface area contributed by atoms with Crippen molar-refractivity contribution in [3.05, 3.63) is 76.5 Å². The van der Waals surface area contributed by atoms with Crippen LogP contribution in [0, 0.1) is 5.82 Å². The monoisotopic (exact) mass is 380 g/mol. The predicted octanol–water partition coefficient (Wildman–Crippen LogP) is 5.52. The Hall–Kier alpha value is -2.74. The number of hydrogen-bond acceptors (Lipinski definition) is 4. The van der Waals surface area contributed by atoms with Crippen molar-refractivity contribution in [2.75, 3.05) is 0 Å². The second-order valence-electron chi connectivity index (χ2n) is 5.28. The first kappa shape index (κ1) is 18.1. The van der Waals surface area contributed by atoms with Crippen LogP contribution in [0.4, 0.5) is 17.6 Å². The van der Waals surface area contributed by atoms with Crippen LogP contribution in [0.15, 0.2) is 59.1 Å². The van der Waals surface area contributed by atoms with Crippen LogP contribution in [0.25, 0.3) is 10.6 Å². The Morgan fingerprint density at radius 3 is 2.38 bits per heavy atom. The number of alkyl halides is 3. The molecular formula is C18H12F4N2OS. The van der Waals surface area contributed by atoms with Gasteiger partial charge in [0.2, 0.25) is 0 Å². The first-order valence-electron chi connectivity index (χ1n) is 7.45. The van der Waals surface area contributed by atoms with Crippen LogP contribution in [-0.2, 0) is 17.6 Å². The highest BCUT2D eigenvalue weighted by molar-refractivity contribution is 7.13. The number of benzene rings is 2. The van der Waals surface area contributed by atoms with E-state index in [2.05, 4.69) is 10.1 Å². The molecule has 0 aliphatic rings. The van der Waals surface area contributed by atoms with Crippen molar-refractivity contribution in [1.82, 2.24) is 4.98 Å². The van der Waals surface area contributed by atoms with Gasteiger partial charge < -0.3 is 4.84 Å². The lowest BCUT2D eigenvalue weighted by atomic mass is 10.1. The quantitative estimate of drug-likeness (QED) is 0.332. The van der Waals surface area contributed by atoms with E-state index in [1.54, 1.807) is 17.5 Å². The Morgan fingerprint density at radius 1 is 1.04 bits per heavy atom. The van der Waals surface area contributed by atoms with E-state index in [0.717, 1.165) is 12.1 Å². The molecule has 1 aromatic heterocycles. The molecule has 3 nitrogen and oxygen atoms in total. The van der Waals surface area contributed by atoms with E-state index >= 15 is 0 Å². The van der Waals surface area contributed by atoms with Crippen molar-refractivity contribution in [1.29, 1.82) is 0 Å². The van der Waals surface area contributed by atoms with Crippen molar-refractivity contribution >= 4 is 17.6 Å². The maximum absolute atomic E-state index is 12.8. The number of rotatable bonds is 5. The van der Waals surface area contributed by atoms with Gasteiger partial charge in [0.05, 0.1) is 17.5 Å². The second-order valence-corrected chi connectivity index (χ2v) is 6.14. The molecule has 0 atom stereocenters. The van der Waals surface area contributed by atoms with Gasteiger partial charge >= 0.3 is 6.18 Å². The molecule has 3 aromatic rings. The van der Waals surface area contributed by atoms with Crippen LogP contribution in [0.1, 0.15) is 16.8 Å². The Kier molecular flexibility index (Phi) is 5.32. The van der Waals surface area contributed by atoms with Crippen molar-refractivity contribution < 1.29 is 22.4 Å². The fourth-order valence-corrected chi connectivity index (χ4v) is 2.87. The summed E-state index contributed by atoms with van der Waals surface area (Å²) in [4.78, 5) is 9.46. The molecule has 0 unspecified atom stereocenters. The zero-order chi connectivity index (χ0) is 18.6. The first-order chi connectivity index (χ1) is 12.4. The summed E-state index contributed by atoms with van der Waals surface area (Å²) in [5.41, 5.74) is 1.21. The van der Waals surface area contributed by atoms with E-state index in [9.17, 15) is 17.6 Å². The van der Waals surface area contributed by atoms with E-state index in [-0.39, 0.29) is 12.4 Å². The van der Waals surface area contributed by atoms with Crippen molar-refractivity contribution in [3.8, 4) is 10.6 Å². The van der Waals surface area contributed by atoms with Gasteiger partial charge in [-0.1, -0.05) is 29.4 Å². The average molecular weight is 380 g/mol. The van der Waals surface area contributed by atoms with Crippen molar-refractivity contribution in [3.63, 3.8) is 0 Å². The SMILES string of the molecule is Fc1ccc(/C=N/OCc2csc(-c3ccc(C(F)(F)F)cc3)n2)cc1. The first-order valence-corrected chi connectivity index (χ1v) is 8.33. The van der Waals surface area contributed by atoms with Crippen LogP contribution < -0.4 is 0 Å². The summed E-state index contributed by atoms with van der Waals surface area (Å²) in [5.74, 6) is -0.332. The fourth-order valence-electron chi connectivity index (χ4n) is 2.06. The fraction of sp³-hybridized carbons (Fsp3) is 0.111. The van der Waals surface area contributed by atoms with Crippen molar-refractivity contribution in [2.45, 2.75) is 12.8 Å². The van der Waals surface area contributed by atoms with Gasteiger partial charge in [-0.2, -0.15) is 13.2 Å². The minimum Gasteiger partial charge on any atom is -0.389 e. The van der Waals surface area contributed by atoms with Crippen LogP contribution >= 0.6 is 11.3 Å². The zero-order valence-electron chi connectivity index (χ0n) is 13.2. The number of aromatic nitrogens is 1. The Balaban J connectivity index is 1.58. The Labute approximate surface area is 150 Å². The molecule has 0 N–H and O–H groups in total. The molecule has 0 aliphatic carbocycles. The molecule has 0 radical (unpaired) electrons. The maximum Gasteiger partial charge on any atom is 0.416 e. The maximum atomic E-state index is 12.8. The number of oxime groups is 1. The Morgan fingerprint density at radius 2 is 1.73 bits per heavy atom. The van der Waals surface area contributed by atoms with Crippen molar-refractivity contribution in [2.24, 2.45) is 5.16 Å². The zero-order valence-corrected chi connectivity index (χ0v) is 14.0. The normalized spacial score (nSPS) is 11.8. The van der Waals surface area contributed by atoms with Gasteiger partial charge in [-0.25, -0.2) is 9.37 Å². The molecule has 134 valence electrons. The summed E-state index contributed by atoms with van der Waals surface area (Å²) < 4.78 is 50.5. The van der Waals surface area contributed by atoms with Gasteiger partial charge in [0, 0.05) is 10.9 Å². The number of thiazole rings is 1. The van der Waals surface area contributed by atoms with Gasteiger partial charge in [0.15, 0.2) is 6.61 Å². The van der Waals surface area contributed by atoms with E-state index in [1.165, 1.54) is 41.8 Å². The van der Waals surface area contributed by atoms with E-state index in [4.69, 9.17) is 4.84 Å². The molecule has 0 saturated carbocycles. The summed E-state index contributed by atoms with van der Waals surface area (Å²) in [6, 6.07) is 10.6. The van der Waals surface area contributed by atoms with Crippen LogP contribution in [-0.4, -0.2) is 11.2 Å². The summed E-state index contributed by atoms with van der Waals surface area (Å²) in [6.07, 6.45) is -2.91. The van der Waals surface area contributed by atoms with Gasteiger partial charge in [0.25, 0.3) is 0 Å². The van der Waals surface area contributed by atoms with Crippen LogP contribution in [0.5, 0.6) is 0 Å². The Bertz CT molecular complexity index is 887. The van der Waals surface area contributed by atoms with Crippen LogP contribution in [0.2, 0.25) is 0 Å². The van der Waals surface area contributed by atoms with E-state index < -0.39 is 11.7 Å². The molecule has 3 rings (SSSR count). The lowest BCUT2D eigenvalue weighted by Crippen LogP contribution is -2.03. The second kappa shape index (κ2) is 7.65. The number of hydrogen-bond donors (Lipinski definition) is 0. The average Bonchev–Trinajstić information content (AvgIpc) is 3.09. The van der Waals surface area contributed by atoms with E-state index in [1.807, 2.05) is 0 Å². The summed E-state index contributed by atoms with van der Waals surface area (Å²) >= 11 is 1.31. The molecule has 0 fully saturated rings. The third kappa shape index (κ3) is 4.66. The molecule has 0 spiro atoms. The standard InChI is InChI=1S/C18H12F4N2OS/c19-15-7-1-12(2-8-15)9-23-25-10-16-11-26-17(24-16)13-3-5-14(6-4-13)18(20,21)22/h1-9,11H,10H2/b23-9+. The molecule has 8 heteroatoms.